The quantitative estimate of drug-likeness (QED) is 0.827. The highest BCUT2D eigenvalue weighted by Crippen LogP contribution is 2.15. The van der Waals surface area contributed by atoms with Crippen LogP contribution in [0.15, 0.2) is 35.1 Å². The maximum atomic E-state index is 5.17. The summed E-state index contributed by atoms with van der Waals surface area (Å²) in [5.41, 5.74) is 1.03. The molecule has 3 rings (SSSR count). The molecule has 0 aliphatic carbocycles. The number of methoxy groups -OCH3 is 1. The molecule has 1 aliphatic rings. The third-order valence-corrected chi connectivity index (χ3v) is 4.05. The van der Waals surface area contributed by atoms with Gasteiger partial charge in [-0.15, -0.1) is 0 Å². The Morgan fingerprint density at radius 1 is 1.14 bits per heavy atom. The minimum absolute atomic E-state index is 0.666. The van der Waals surface area contributed by atoms with E-state index in [9.17, 15) is 0 Å². The Balaban J connectivity index is 1.56. The summed E-state index contributed by atoms with van der Waals surface area (Å²) in [5.74, 6) is 1.46. The Morgan fingerprint density at radius 2 is 1.86 bits per heavy atom. The molecule has 3 heterocycles. The average Bonchev–Trinajstić information content (AvgIpc) is 2.57. The van der Waals surface area contributed by atoms with Crippen LogP contribution < -0.4 is 9.64 Å². The van der Waals surface area contributed by atoms with E-state index in [4.69, 9.17) is 4.74 Å². The van der Waals surface area contributed by atoms with Gasteiger partial charge in [0.1, 0.15) is 0 Å². The Hall–Kier alpha value is -1.73. The maximum Gasteiger partial charge on any atom is 0.225 e. The monoisotopic (exact) mass is 363 g/mol. The predicted molar refractivity (Wildman–Crippen MR) is 88.0 cm³/mol. The molecular weight excluding hydrogens is 346 g/mol. The number of nitrogens with zero attached hydrogens (tertiary/aromatic N) is 5. The van der Waals surface area contributed by atoms with Crippen LogP contribution in [0, 0.1) is 0 Å². The highest BCUT2D eigenvalue weighted by molar-refractivity contribution is 9.10. The smallest absolute Gasteiger partial charge is 0.225 e. The summed E-state index contributed by atoms with van der Waals surface area (Å²) in [4.78, 5) is 17.8. The minimum atomic E-state index is 0.666. The molecule has 0 N–H and O–H groups in total. The number of piperazine rings is 1. The number of pyridine rings is 1. The van der Waals surface area contributed by atoms with Crippen molar-refractivity contribution < 1.29 is 4.74 Å². The van der Waals surface area contributed by atoms with Gasteiger partial charge in [-0.25, -0.2) is 15.0 Å². The molecule has 22 heavy (non-hydrogen) atoms. The SMILES string of the molecule is COc1cccc(CN2CCN(c3ncc(Br)cn3)CC2)n1. The highest BCUT2D eigenvalue weighted by atomic mass is 79.9. The average molecular weight is 364 g/mol. The molecule has 0 aromatic carbocycles. The Labute approximate surface area is 138 Å². The summed E-state index contributed by atoms with van der Waals surface area (Å²) in [6, 6.07) is 5.88. The third-order valence-electron chi connectivity index (χ3n) is 3.64. The molecule has 0 atom stereocenters. The van der Waals surface area contributed by atoms with E-state index in [-0.39, 0.29) is 0 Å². The van der Waals surface area contributed by atoms with Gasteiger partial charge >= 0.3 is 0 Å². The first-order chi connectivity index (χ1) is 10.7. The number of hydrogen-bond donors (Lipinski definition) is 0. The van der Waals surface area contributed by atoms with Crippen LogP contribution in [0.2, 0.25) is 0 Å². The zero-order chi connectivity index (χ0) is 15.4. The standard InChI is InChI=1S/C15H18BrN5O/c1-22-14-4-2-3-13(19-14)11-20-5-7-21(8-6-20)15-17-9-12(16)10-18-15/h2-4,9-10H,5-8,11H2,1H3. The van der Waals surface area contributed by atoms with Crippen molar-refractivity contribution in [1.82, 2.24) is 19.9 Å². The molecule has 0 amide bonds. The summed E-state index contributed by atoms with van der Waals surface area (Å²) >= 11 is 3.36. The van der Waals surface area contributed by atoms with Crippen LogP contribution in [0.1, 0.15) is 5.69 Å². The topological polar surface area (TPSA) is 54.4 Å². The first kappa shape index (κ1) is 15.2. The highest BCUT2D eigenvalue weighted by Gasteiger charge is 2.19. The molecule has 0 bridgehead atoms. The maximum absolute atomic E-state index is 5.17. The van der Waals surface area contributed by atoms with Crippen molar-refractivity contribution in [2.75, 3.05) is 38.2 Å². The van der Waals surface area contributed by atoms with E-state index in [0.717, 1.165) is 48.8 Å². The molecule has 0 radical (unpaired) electrons. The van der Waals surface area contributed by atoms with Crippen LogP contribution in [-0.2, 0) is 6.54 Å². The largest absolute Gasteiger partial charge is 0.481 e. The second-order valence-electron chi connectivity index (χ2n) is 5.14. The van der Waals surface area contributed by atoms with Crippen LogP contribution >= 0.6 is 15.9 Å². The Bertz CT molecular complexity index is 614. The number of hydrogen-bond acceptors (Lipinski definition) is 6. The fourth-order valence-electron chi connectivity index (χ4n) is 2.46. The van der Waals surface area contributed by atoms with E-state index in [2.05, 4.69) is 40.7 Å². The van der Waals surface area contributed by atoms with Gasteiger partial charge in [0.15, 0.2) is 0 Å². The van der Waals surface area contributed by atoms with Gasteiger partial charge in [-0.3, -0.25) is 4.90 Å². The van der Waals surface area contributed by atoms with Crippen molar-refractivity contribution in [3.63, 3.8) is 0 Å². The van der Waals surface area contributed by atoms with Gasteiger partial charge in [0.05, 0.1) is 17.3 Å². The first-order valence-electron chi connectivity index (χ1n) is 7.19. The Morgan fingerprint density at radius 3 is 2.55 bits per heavy atom. The van der Waals surface area contributed by atoms with Crippen molar-refractivity contribution in [3.05, 3.63) is 40.8 Å². The lowest BCUT2D eigenvalue weighted by Gasteiger charge is -2.34. The van der Waals surface area contributed by atoms with Gasteiger partial charge in [0, 0.05) is 51.2 Å². The van der Waals surface area contributed by atoms with E-state index in [1.807, 2.05) is 18.2 Å². The van der Waals surface area contributed by atoms with Crippen LogP contribution in [0.5, 0.6) is 5.88 Å². The van der Waals surface area contributed by atoms with E-state index in [1.165, 1.54) is 0 Å². The predicted octanol–water partition coefficient (Wildman–Crippen LogP) is 1.96. The molecular formula is C15H18BrN5O. The summed E-state index contributed by atoms with van der Waals surface area (Å²) in [6.45, 7) is 4.63. The van der Waals surface area contributed by atoms with Gasteiger partial charge in [-0.2, -0.15) is 0 Å². The van der Waals surface area contributed by atoms with Gasteiger partial charge in [0.2, 0.25) is 11.8 Å². The lowest BCUT2D eigenvalue weighted by Crippen LogP contribution is -2.46. The first-order valence-corrected chi connectivity index (χ1v) is 7.98. The zero-order valence-corrected chi connectivity index (χ0v) is 14.0. The molecule has 116 valence electrons. The Kier molecular flexibility index (Phi) is 4.84. The third kappa shape index (κ3) is 3.72. The second kappa shape index (κ2) is 7.02. The van der Waals surface area contributed by atoms with Gasteiger partial charge < -0.3 is 9.64 Å². The fraction of sp³-hybridized carbons (Fsp3) is 0.400. The van der Waals surface area contributed by atoms with Crippen LogP contribution in [0.4, 0.5) is 5.95 Å². The summed E-state index contributed by atoms with van der Waals surface area (Å²) in [6.07, 6.45) is 3.57. The van der Waals surface area contributed by atoms with Crippen molar-refractivity contribution >= 4 is 21.9 Å². The summed E-state index contributed by atoms with van der Waals surface area (Å²) < 4.78 is 6.07. The second-order valence-corrected chi connectivity index (χ2v) is 6.05. The fourth-order valence-corrected chi connectivity index (χ4v) is 2.67. The lowest BCUT2D eigenvalue weighted by atomic mass is 10.2. The summed E-state index contributed by atoms with van der Waals surface area (Å²) in [5, 5.41) is 0. The molecule has 0 unspecified atom stereocenters. The van der Waals surface area contributed by atoms with Crippen LogP contribution in [0.3, 0.4) is 0 Å². The number of aromatic nitrogens is 3. The van der Waals surface area contributed by atoms with Crippen LogP contribution in [-0.4, -0.2) is 53.1 Å². The molecule has 1 fully saturated rings. The molecule has 6 nitrogen and oxygen atoms in total. The van der Waals surface area contributed by atoms with Crippen molar-refractivity contribution in [2.45, 2.75) is 6.54 Å². The van der Waals surface area contributed by atoms with E-state index in [0.29, 0.717) is 5.88 Å². The molecule has 1 saturated heterocycles. The van der Waals surface area contributed by atoms with Crippen molar-refractivity contribution in [1.29, 1.82) is 0 Å². The van der Waals surface area contributed by atoms with Gasteiger partial charge in [-0.1, -0.05) is 6.07 Å². The van der Waals surface area contributed by atoms with E-state index in [1.54, 1.807) is 19.5 Å². The van der Waals surface area contributed by atoms with Gasteiger partial charge in [0.25, 0.3) is 0 Å². The molecule has 1 aliphatic heterocycles. The molecule has 2 aromatic heterocycles. The van der Waals surface area contributed by atoms with Crippen molar-refractivity contribution in [2.24, 2.45) is 0 Å². The van der Waals surface area contributed by atoms with Gasteiger partial charge in [-0.05, 0) is 22.0 Å². The van der Waals surface area contributed by atoms with Crippen molar-refractivity contribution in [3.8, 4) is 5.88 Å². The molecule has 2 aromatic rings. The number of halogens is 1. The minimum Gasteiger partial charge on any atom is -0.481 e. The summed E-state index contributed by atoms with van der Waals surface area (Å²) in [7, 11) is 1.64. The van der Waals surface area contributed by atoms with E-state index >= 15 is 0 Å². The zero-order valence-electron chi connectivity index (χ0n) is 12.4. The molecule has 7 heteroatoms. The van der Waals surface area contributed by atoms with Crippen LogP contribution in [0.25, 0.3) is 0 Å². The lowest BCUT2D eigenvalue weighted by molar-refractivity contribution is 0.245. The molecule has 0 spiro atoms. The number of ether oxygens (including phenoxy) is 1. The molecule has 0 saturated carbocycles. The number of anilines is 1. The van der Waals surface area contributed by atoms with E-state index < -0.39 is 0 Å². The number of rotatable bonds is 4. The normalized spacial score (nSPS) is 15.8.